The number of rotatable bonds is 6. The van der Waals surface area contributed by atoms with Crippen LogP contribution in [0.2, 0.25) is 0 Å². The molecule has 7 heteroatoms. The fourth-order valence-electron chi connectivity index (χ4n) is 2.21. The third-order valence-corrected chi connectivity index (χ3v) is 4.13. The standard InChI is InChI=1S/C19H28N4OS.HI/c1-6-20-18(23-13-17-21-11-14(2)25-17)22-12-15-9-7-8-10-16(15)24-19(3,4)5;/h7-11H,6,12-13H2,1-5H3,(H2,20,22,23);1H. The van der Waals surface area contributed by atoms with Crippen LogP contribution in [-0.4, -0.2) is 23.1 Å². The SMILES string of the molecule is CCNC(=NCc1ccccc1OC(C)(C)C)NCc1ncc(C)s1.I. The summed E-state index contributed by atoms with van der Waals surface area (Å²) in [5, 5.41) is 7.66. The Morgan fingerprint density at radius 3 is 2.58 bits per heavy atom. The first-order valence-electron chi connectivity index (χ1n) is 8.58. The molecule has 0 bridgehead atoms. The average Bonchev–Trinajstić information content (AvgIpc) is 2.95. The minimum atomic E-state index is -0.231. The molecule has 0 aliphatic heterocycles. The number of benzene rings is 1. The minimum Gasteiger partial charge on any atom is -0.488 e. The summed E-state index contributed by atoms with van der Waals surface area (Å²) in [5.41, 5.74) is 0.838. The van der Waals surface area contributed by atoms with Crippen molar-refractivity contribution in [3.8, 4) is 5.75 Å². The Morgan fingerprint density at radius 2 is 1.96 bits per heavy atom. The zero-order valence-electron chi connectivity index (χ0n) is 16.1. The van der Waals surface area contributed by atoms with E-state index in [9.17, 15) is 0 Å². The lowest BCUT2D eigenvalue weighted by Gasteiger charge is -2.23. The molecule has 1 heterocycles. The number of halogens is 1. The number of aryl methyl sites for hydroxylation is 1. The van der Waals surface area contributed by atoms with Crippen molar-refractivity contribution in [2.45, 2.75) is 53.3 Å². The molecule has 0 saturated carbocycles. The Kier molecular flexibility index (Phi) is 9.35. The maximum Gasteiger partial charge on any atom is 0.191 e. The summed E-state index contributed by atoms with van der Waals surface area (Å²) < 4.78 is 6.04. The van der Waals surface area contributed by atoms with Gasteiger partial charge in [-0.1, -0.05) is 18.2 Å². The van der Waals surface area contributed by atoms with Crippen LogP contribution in [0.4, 0.5) is 0 Å². The largest absolute Gasteiger partial charge is 0.488 e. The number of aromatic nitrogens is 1. The van der Waals surface area contributed by atoms with Gasteiger partial charge in [-0.05, 0) is 40.7 Å². The maximum atomic E-state index is 6.04. The zero-order chi connectivity index (χ0) is 18.3. The summed E-state index contributed by atoms with van der Waals surface area (Å²) in [6, 6.07) is 8.05. The van der Waals surface area contributed by atoms with E-state index in [1.54, 1.807) is 11.3 Å². The second-order valence-electron chi connectivity index (χ2n) is 6.74. The smallest absolute Gasteiger partial charge is 0.191 e. The molecule has 0 aliphatic carbocycles. The van der Waals surface area contributed by atoms with Crippen LogP contribution in [-0.2, 0) is 13.1 Å². The number of ether oxygens (including phenoxy) is 1. The van der Waals surface area contributed by atoms with Crippen molar-refractivity contribution in [3.05, 3.63) is 45.9 Å². The molecule has 0 spiro atoms. The summed E-state index contributed by atoms with van der Waals surface area (Å²) in [5.74, 6) is 1.66. The van der Waals surface area contributed by atoms with Gasteiger partial charge in [0.1, 0.15) is 16.4 Å². The zero-order valence-corrected chi connectivity index (χ0v) is 19.3. The number of thiazole rings is 1. The van der Waals surface area contributed by atoms with Crippen LogP contribution >= 0.6 is 35.3 Å². The number of nitrogens with one attached hydrogen (secondary N) is 2. The fraction of sp³-hybridized carbons (Fsp3) is 0.474. The lowest BCUT2D eigenvalue weighted by molar-refractivity contribution is 0.129. The average molecular weight is 488 g/mol. The van der Waals surface area contributed by atoms with Crippen LogP contribution in [0.3, 0.4) is 0 Å². The first kappa shape index (κ1) is 22.7. The van der Waals surface area contributed by atoms with Gasteiger partial charge in [-0.2, -0.15) is 0 Å². The number of para-hydroxylation sites is 1. The highest BCUT2D eigenvalue weighted by molar-refractivity contribution is 14.0. The highest BCUT2D eigenvalue weighted by Crippen LogP contribution is 2.23. The molecule has 2 rings (SSSR count). The number of nitrogens with zero attached hydrogens (tertiary/aromatic N) is 2. The molecule has 0 saturated heterocycles. The van der Waals surface area contributed by atoms with E-state index in [2.05, 4.69) is 61.3 Å². The van der Waals surface area contributed by atoms with Crippen LogP contribution in [0.15, 0.2) is 35.5 Å². The van der Waals surface area contributed by atoms with E-state index in [1.165, 1.54) is 4.88 Å². The van der Waals surface area contributed by atoms with Gasteiger partial charge in [-0.3, -0.25) is 0 Å². The van der Waals surface area contributed by atoms with Gasteiger partial charge >= 0.3 is 0 Å². The Bertz CT molecular complexity index is 710. The third kappa shape index (κ3) is 7.90. The van der Waals surface area contributed by atoms with Crippen molar-refractivity contribution in [1.29, 1.82) is 0 Å². The molecule has 1 aromatic heterocycles. The molecular formula is C19H29IN4OS. The molecule has 5 nitrogen and oxygen atoms in total. The molecule has 2 aromatic rings. The molecule has 2 N–H and O–H groups in total. The fourth-order valence-corrected chi connectivity index (χ4v) is 2.94. The molecule has 144 valence electrons. The van der Waals surface area contributed by atoms with Crippen LogP contribution in [0, 0.1) is 6.92 Å². The minimum absolute atomic E-state index is 0. The monoisotopic (exact) mass is 488 g/mol. The van der Waals surface area contributed by atoms with Gasteiger partial charge in [0.15, 0.2) is 5.96 Å². The molecular weight excluding hydrogens is 459 g/mol. The van der Waals surface area contributed by atoms with Gasteiger partial charge in [-0.25, -0.2) is 9.98 Å². The van der Waals surface area contributed by atoms with Gasteiger partial charge in [-0.15, -0.1) is 35.3 Å². The predicted molar refractivity (Wildman–Crippen MR) is 121 cm³/mol. The van der Waals surface area contributed by atoms with E-state index in [1.807, 2.05) is 24.4 Å². The van der Waals surface area contributed by atoms with Gasteiger partial charge < -0.3 is 15.4 Å². The molecule has 0 aliphatic rings. The van der Waals surface area contributed by atoms with E-state index in [-0.39, 0.29) is 29.6 Å². The molecule has 26 heavy (non-hydrogen) atoms. The quantitative estimate of drug-likeness (QED) is 0.357. The number of aliphatic imine (C=N–C) groups is 1. The van der Waals surface area contributed by atoms with Crippen molar-refractivity contribution in [3.63, 3.8) is 0 Å². The van der Waals surface area contributed by atoms with Crippen LogP contribution in [0.5, 0.6) is 5.75 Å². The molecule has 1 aromatic carbocycles. The first-order valence-corrected chi connectivity index (χ1v) is 9.39. The summed E-state index contributed by atoms with van der Waals surface area (Å²) in [7, 11) is 0. The van der Waals surface area contributed by atoms with Gasteiger partial charge in [0, 0.05) is 23.2 Å². The summed E-state index contributed by atoms with van der Waals surface area (Å²) >= 11 is 1.69. The molecule has 0 atom stereocenters. The van der Waals surface area contributed by atoms with Crippen molar-refractivity contribution in [1.82, 2.24) is 15.6 Å². The summed E-state index contributed by atoms with van der Waals surface area (Å²) in [6.45, 7) is 12.3. The molecule has 0 unspecified atom stereocenters. The topological polar surface area (TPSA) is 58.5 Å². The number of hydrogen-bond acceptors (Lipinski definition) is 4. The van der Waals surface area contributed by atoms with Crippen molar-refractivity contribution < 1.29 is 4.74 Å². The number of guanidine groups is 1. The second-order valence-corrected chi connectivity index (χ2v) is 8.05. The Hall–Kier alpha value is -1.35. The van der Waals surface area contributed by atoms with Crippen molar-refractivity contribution in [2.75, 3.05) is 6.54 Å². The third-order valence-electron chi connectivity index (χ3n) is 3.22. The molecule has 0 amide bonds. The van der Waals surface area contributed by atoms with Crippen LogP contribution in [0.1, 0.15) is 43.1 Å². The molecule has 0 radical (unpaired) electrons. The van der Waals surface area contributed by atoms with Gasteiger partial charge in [0.05, 0.1) is 13.1 Å². The van der Waals surface area contributed by atoms with E-state index in [0.717, 1.165) is 28.8 Å². The maximum absolute atomic E-state index is 6.04. The van der Waals surface area contributed by atoms with Crippen LogP contribution in [0.25, 0.3) is 0 Å². The lowest BCUT2D eigenvalue weighted by atomic mass is 10.1. The van der Waals surface area contributed by atoms with E-state index in [0.29, 0.717) is 13.1 Å². The second kappa shape index (κ2) is 10.7. The normalized spacial score (nSPS) is 11.7. The lowest BCUT2D eigenvalue weighted by Crippen LogP contribution is -2.36. The Labute approximate surface area is 177 Å². The first-order chi connectivity index (χ1) is 11.9. The van der Waals surface area contributed by atoms with Crippen molar-refractivity contribution >= 4 is 41.3 Å². The molecule has 0 fully saturated rings. The Morgan fingerprint density at radius 1 is 1.23 bits per heavy atom. The van der Waals surface area contributed by atoms with E-state index >= 15 is 0 Å². The van der Waals surface area contributed by atoms with Crippen LogP contribution < -0.4 is 15.4 Å². The van der Waals surface area contributed by atoms with Crippen molar-refractivity contribution in [2.24, 2.45) is 4.99 Å². The highest BCUT2D eigenvalue weighted by atomic mass is 127. The summed E-state index contributed by atoms with van der Waals surface area (Å²) in [6.07, 6.45) is 1.89. The predicted octanol–water partition coefficient (Wildman–Crippen LogP) is 4.50. The van der Waals surface area contributed by atoms with E-state index in [4.69, 9.17) is 4.74 Å². The van der Waals surface area contributed by atoms with Gasteiger partial charge in [0.2, 0.25) is 0 Å². The summed E-state index contributed by atoms with van der Waals surface area (Å²) in [4.78, 5) is 10.3. The van der Waals surface area contributed by atoms with Gasteiger partial charge in [0.25, 0.3) is 0 Å². The number of hydrogen-bond donors (Lipinski definition) is 2. The Balaban J connectivity index is 0.00000338. The highest BCUT2D eigenvalue weighted by Gasteiger charge is 2.14. The van der Waals surface area contributed by atoms with E-state index < -0.39 is 0 Å².